The summed E-state index contributed by atoms with van der Waals surface area (Å²) in [6, 6.07) is 5.97. The SMILES string of the molecule is CC1(CO)CCCC1NC(=O)CCC(=O)c1ccc2c(c1)CCC2. The minimum Gasteiger partial charge on any atom is -0.396 e. The van der Waals surface area contributed by atoms with Crippen molar-refractivity contribution < 1.29 is 14.7 Å². The minimum absolute atomic E-state index is 0.0186. The summed E-state index contributed by atoms with van der Waals surface area (Å²) in [5.41, 5.74) is 3.15. The number of benzene rings is 1. The normalized spacial score (nSPS) is 25.5. The Kier molecular flexibility index (Phi) is 5.04. The molecule has 4 heteroatoms. The van der Waals surface area contributed by atoms with Gasteiger partial charge in [-0.2, -0.15) is 0 Å². The second-order valence-electron chi connectivity index (χ2n) is 7.58. The van der Waals surface area contributed by atoms with E-state index < -0.39 is 0 Å². The zero-order valence-electron chi connectivity index (χ0n) is 14.4. The van der Waals surface area contributed by atoms with E-state index in [-0.39, 0.29) is 42.6 Å². The Morgan fingerprint density at radius 1 is 1.21 bits per heavy atom. The van der Waals surface area contributed by atoms with E-state index in [0.29, 0.717) is 0 Å². The van der Waals surface area contributed by atoms with Crippen LogP contribution in [0.5, 0.6) is 0 Å². The predicted octanol–water partition coefficient (Wildman–Crippen LogP) is 2.81. The molecule has 1 fully saturated rings. The predicted molar refractivity (Wildman–Crippen MR) is 93.0 cm³/mol. The molecule has 0 saturated heterocycles. The van der Waals surface area contributed by atoms with Crippen LogP contribution in [0.25, 0.3) is 0 Å². The van der Waals surface area contributed by atoms with Crippen molar-refractivity contribution in [1.29, 1.82) is 0 Å². The highest BCUT2D eigenvalue weighted by atomic mass is 16.3. The number of aryl methyl sites for hydroxylation is 2. The molecule has 2 aliphatic rings. The largest absolute Gasteiger partial charge is 0.396 e. The number of fused-ring (bicyclic) bond motifs is 1. The molecule has 3 rings (SSSR count). The summed E-state index contributed by atoms with van der Waals surface area (Å²) in [4.78, 5) is 24.5. The van der Waals surface area contributed by atoms with Crippen LogP contribution in [0.3, 0.4) is 0 Å². The van der Waals surface area contributed by atoms with E-state index in [1.807, 2.05) is 19.1 Å². The Morgan fingerprint density at radius 2 is 2.00 bits per heavy atom. The van der Waals surface area contributed by atoms with Crippen molar-refractivity contribution in [1.82, 2.24) is 5.32 Å². The molecule has 0 aromatic heterocycles. The molecule has 0 radical (unpaired) electrons. The highest BCUT2D eigenvalue weighted by molar-refractivity contribution is 5.98. The molecule has 0 heterocycles. The van der Waals surface area contributed by atoms with E-state index in [1.165, 1.54) is 17.5 Å². The molecule has 4 nitrogen and oxygen atoms in total. The third-order valence-electron chi connectivity index (χ3n) is 5.78. The summed E-state index contributed by atoms with van der Waals surface area (Å²) < 4.78 is 0. The summed E-state index contributed by atoms with van der Waals surface area (Å²) in [6.07, 6.45) is 6.65. The molecule has 130 valence electrons. The lowest BCUT2D eigenvalue weighted by Crippen LogP contribution is -2.44. The molecule has 1 aromatic rings. The van der Waals surface area contributed by atoms with Gasteiger partial charge in [-0.3, -0.25) is 9.59 Å². The monoisotopic (exact) mass is 329 g/mol. The van der Waals surface area contributed by atoms with Crippen LogP contribution in [0.4, 0.5) is 0 Å². The van der Waals surface area contributed by atoms with Crippen molar-refractivity contribution in [2.75, 3.05) is 6.61 Å². The second-order valence-corrected chi connectivity index (χ2v) is 7.58. The van der Waals surface area contributed by atoms with Crippen molar-refractivity contribution >= 4 is 11.7 Å². The van der Waals surface area contributed by atoms with Crippen LogP contribution in [-0.2, 0) is 17.6 Å². The molecule has 2 aliphatic carbocycles. The first-order valence-electron chi connectivity index (χ1n) is 9.07. The molecule has 0 spiro atoms. The highest BCUT2D eigenvalue weighted by Crippen LogP contribution is 2.37. The quantitative estimate of drug-likeness (QED) is 0.789. The van der Waals surface area contributed by atoms with E-state index in [9.17, 15) is 14.7 Å². The third-order valence-corrected chi connectivity index (χ3v) is 5.78. The van der Waals surface area contributed by atoms with Crippen LogP contribution in [0.1, 0.15) is 66.9 Å². The summed E-state index contributed by atoms with van der Waals surface area (Å²) in [7, 11) is 0. The Hall–Kier alpha value is -1.68. The molecule has 1 saturated carbocycles. The van der Waals surface area contributed by atoms with Crippen LogP contribution in [0.2, 0.25) is 0 Å². The molecule has 24 heavy (non-hydrogen) atoms. The van der Waals surface area contributed by atoms with Gasteiger partial charge in [0.1, 0.15) is 0 Å². The summed E-state index contributed by atoms with van der Waals surface area (Å²) >= 11 is 0. The van der Waals surface area contributed by atoms with E-state index in [0.717, 1.165) is 37.7 Å². The Bertz CT molecular complexity index is 640. The number of amides is 1. The fraction of sp³-hybridized carbons (Fsp3) is 0.600. The smallest absolute Gasteiger partial charge is 0.220 e. The standard InChI is InChI=1S/C20H27NO3/c1-20(13-22)11-3-6-18(20)21-19(24)10-9-17(23)16-8-7-14-4-2-5-15(14)12-16/h7-8,12,18,22H,2-6,9-11,13H2,1H3,(H,21,24). The number of hydrogen-bond donors (Lipinski definition) is 2. The van der Waals surface area contributed by atoms with Gasteiger partial charge in [-0.25, -0.2) is 0 Å². The molecule has 1 aromatic carbocycles. The molecule has 0 bridgehead atoms. The van der Waals surface area contributed by atoms with Crippen LogP contribution in [0, 0.1) is 5.41 Å². The lowest BCUT2D eigenvalue weighted by Gasteiger charge is -2.30. The van der Waals surface area contributed by atoms with Crippen LogP contribution in [-0.4, -0.2) is 29.4 Å². The van der Waals surface area contributed by atoms with Crippen LogP contribution < -0.4 is 5.32 Å². The second kappa shape index (κ2) is 7.06. The summed E-state index contributed by atoms with van der Waals surface area (Å²) in [5, 5.41) is 12.6. The average Bonchev–Trinajstić information content (AvgIpc) is 3.19. The number of rotatable bonds is 6. The molecule has 2 unspecified atom stereocenters. The van der Waals surface area contributed by atoms with Crippen molar-refractivity contribution in [3.8, 4) is 0 Å². The van der Waals surface area contributed by atoms with E-state index in [1.54, 1.807) is 0 Å². The van der Waals surface area contributed by atoms with Crippen molar-refractivity contribution in [2.45, 2.75) is 64.3 Å². The zero-order chi connectivity index (χ0) is 17.2. The van der Waals surface area contributed by atoms with Crippen LogP contribution in [0.15, 0.2) is 18.2 Å². The minimum atomic E-state index is -0.223. The number of carbonyl (C=O) groups is 2. The maximum atomic E-state index is 12.3. The molecule has 2 N–H and O–H groups in total. The first-order valence-corrected chi connectivity index (χ1v) is 9.07. The lowest BCUT2D eigenvalue weighted by atomic mass is 9.85. The number of nitrogens with one attached hydrogen (secondary N) is 1. The number of hydrogen-bond acceptors (Lipinski definition) is 3. The molecular weight excluding hydrogens is 302 g/mol. The molecule has 0 aliphatic heterocycles. The Morgan fingerprint density at radius 3 is 2.79 bits per heavy atom. The molecular formula is C20H27NO3. The van der Waals surface area contributed by atoms with Gasteiger partial charge >= 0.3 is 0 Å². The Labute approximate surface area is 143 Å². The highest BCUT2D eigenvalue weighted by Gasteiger charge is 2.38. The number of aliphatic hydroxyl groups is 1. The summed E-state index contributed by atoms with van der Waals surface area (Å²) in [6.45, 7) is 2.10. The van der Waals surface area contributed by atoms with Gasteiger partial charge in [0, 0.05) is 29.9 Å². The fourth-order valence-corrected chi connectivity index (χ4v) is 4.05. The number of Topliss-reactive ketones (excluding diaryl/α,β-unsaturated/α-hetero) is 1. The Balaban J connectivity index is 1.52. The third kappa shape index (κ3) is 3.54. The molecule has 1 amide bonds. The van der Waals surface area contributed by atoms with Crippen molar-refractivity contribution in [2.24, 2.45) is 5.41 Å². The first kappa shape index (κ1) is 17.2. The summed E-state index contributed by atoms with van der Waals surface area (Å²) in [5.74, 6) is -0.0488. The van der Waals surface area contributed by atoms with E-state index in [4.69, 9.17) is 0 Å². The van der Waals surface area contributed by atoms with Crippen LogP contribution >= 0.6 is 0 Å². The average molecular weight is 329 g/mol. The molecule has 2 atom stereocenters. The van der Waals surface area contributed by atoms with E-state index in [2.05, 4.69) is 11.4 Å². The van der Waals surface area contributed by atoms with Gasteiger partial charge in [0.15, 0.2) is 5.78 Å². The van der Waals surface area contributed by atoms with Gasteiger partial charge in [0.2, 0.25) is 5.91 Å². The topological polar surface area (TPSA) is 66.4 Å². The van der Waals surface area contributed by atoms with Gasteiger partial charge in [-0.05, 0) is 49.3 Å². The van der Waals surface area contributed by atoms with Gasteiger partial charge < -0.3 is 10.4 Å². The maximum absolute atomic E-state index is 12.3. The lowest BCUT2D eigenvalue weighted by molar-refractivity contribution is -0.122. The maximum Gasteiger partial charge on any atom is 0.220 e. The van der Waals surface area contributed by atoms with E-state index >= 15 is 0 Å². The van der Waals surface area contributed by atoms with Crippen molar-refractivity contribution in [3.63, 3.8) is 0 Å². The number of aliphatic hydroxyl groups excluding tert-OH is 1. The van der Waals surface area contributed by atoms with Crippen molar-refractivity contribution in [3.05, 3.63) is 34.9 Å². The van der Waals surface area contributed by atoms with Gasteiger partial charge in [-0.15, -0.1) is 0 Å². The fourth-order valence-electron chi connectivity index (χ4n) is 4.05. The zero-order valence-corrected chi connectivity index (χ0v) is 14.4. The number of ketones is 1. The van der Waals surface area contributed by atoms with Gasteiger partial charge in [0.05, 0.1) is 6.61 Å². The van der Waals surface area contributed by atoms with Gasteiger partial charge in [-0.1, -0.05) is 25.5 Å². The first-order chi connectivity index (χ1) is 11.5. The number of carbonyl (C=O) groups excluding carboxylic acids is 2. The van der Waals surface area contributed by atoms with Gasteiger partial charge in [0.25, 0.3) is 0 Å².